The van der Waals surface area contributed by atoms with Crippen LogP contribution < -0.4 is 11.1 Å². The standard InChI is InChI=1S/C7H8N4O2S/c8-6(13)5-3-1-9-11-7(3)14-2-4(12)10-5/h1,5H,2H2,(H2,8,13)(H,9,11)(H,10,12). The van der Waals surface area contributed by atoms with E-state index in [9.17, 15) is 9.59 Å². The van der Waals surface area contributed by atoms with Gasteiger partial charge in [0, 0.05) is 5.56 Å². The van der Waals surface area contributed by atoms with Crippen LogP contribution in [0.5, 0.6) is 0 Å². The average Bonchev–Trinajstić information content (AvgIpc) is 2.52. The lowest BCUT2D eigenvalue weighted by Crippen LogP contribution is -2.37. The van der Waals surface area contributed by atoms with Crippen LogP contribution in [0.15, 0.2) is 11.2 Å². The Labute approximate surface area is 83.6 Å². The van der Waals surface area contributed by atoms with Gasteiger partial charge < -0.3 is 11.1 Å². The van der Waals surface area contributed by atoms with Crippen molar-refractivity contribution in [1.82, 2.24) is 15.5 Å². The number of fused-ring (bicyclic) bond motifs is 1. The number of carbonyl (C=O) groups excluding carboxylic acids is 2. The molecule has 0 radical (unpaired) electrons. The molecule has 4 N–H and O–H groups in total. The second-order valence-electron chi connectivity index (χ2n) is 2.85. The van der Waals surface area contributed by atoms with Crippen LogP contribution in [0.2, 0.25) is 0 Å². The van der Waals surface area contributed by atoms with Crippen molar-refractivity contribution < 1.29 is 9.59 Å². The number of nitrogens with two attached hydrogens (primary N) is 1. The summed E-state index contributed by atoms with van der Waals surface area (Å²) in [5, 5.41) is 9.76. The number of hydrogen-bond donors (Lipinski definition) is 3. The normalized spacial score (nSPS) is 20.9. The minimum absolute atomic E-state index is 0.205. The van der Waals surface area contributed by atoms with Crippen LogP contribution in [0, 0.1) is 0 Å². The fourth-order valence-corrected chi connectivity index (χ4v) is 2.06. The Balaban J connectivity index is 2.40. The Morgan fingerprint density at radius 2 is 2.50 bits per heavy atom. The molecule has 1 atom stereocenters. The molecule has 0 saturated carbocycles. The third-order valence-electron chi connectivity index (χ3n) is 1.88. The van der Waals surface area contributed by atoms with Crippen molar-refractivity contribution in [3.05, 3.63) is 11.8 Å². The molecule has 74 valence electrons. The largest absolute Gasteiger partial charge is 0.368 e. The summed E-state index contributed by atoms with van der Waals surface area (Å²) in [5.74, 6) is -0.522. The molecule has 1 aliphatic rings. The van der Waals surface area contributed by atoms with Crippen molar-refractivity contribution in [3.8, 4) is 0 Å². The van der Waals surface area contributed by atoms with Gasteiger partial charge in [0.05, 0.1) is 17.0 Å². The van der Waals surface area contributed by atoms with E-state index in [1.807, 2.05) is 0 Å². The minimum atomic E-state index is -0.772. The predicted molar refractivity (Wildman–Crippen MR) is 49.4 cm³/mol. The summed E-state index contributed by atoms with van der Waals surface area (Å²) in [4.78, 5) is 22.3. The molecule has 7 heteroatoms. The maximum absolute atomic E-state index is 11.2. The Morgan fingerprint density at radius 1 is 1.71 bits per heavy atom. The van der Waals surface area contributed by atoms with E-state index in [4.69, 9.17) is 5.73 Å². The molecule has 0 spiro atoms. The average molecular weight is 212 g/mol. The Bertz CT molecular complexity index is 389. The lowest BCUT2D eigenvalue weighted by atomic mass is 10.1. The van der Waals surface area contributed by atoms with Gasteiger partial charge in [-0.25, -0.2) is 0 Å². The van der Waals surface area contributed by atoms with Crippen LogP contribution in [0.3, 0.4) is 0 Å². The molecule has 0 aromatic carbocycles. The van der Waals surface area contributed by atoms with Gasteiger partial charge in [0.15, 0.2) is 0 Å². The molecular formula is C7H8N4O2S. The zero-order valence-corrected chi connectivity index (χ0v) is 7.93. The van der Waals surface area contributed by atoms with Crippen LogP contribution >= 0.6 is 11.8 Å². The summed E-state index contributed by atoms with van der Waals surface area (Å²) < 4.78 is 0. The van der Waals surface area contributed by atoms with E-state index in [0.717, 1.165) is 0 Å². The van der Waals surface area contributed by atoms with Crippen LogP contribution in [-0.2, 0) is 9.59 Å². The molecule has 2 amide bonds. The molecule has 1 unspecified atom stereocenters. The van der Waals surface area contributed by atoms with E-state index >= 15 is 0 Å². The third-order valence-corrected chi connectivity index (χ3v) is 2.90. The van der Waals surface area contributed by atoms with Gasteiger partial charge in [0.2, 0.25) is 11.8 Å². The number of H-pyrrole nitrogens is 1. The SMILES string of the molecule is NC(=O)C1NC(=O)CSc2[nH]ncc21. The number of aromatic amines is 1. The van der Waals surface area contributed by atoms with E-state index in [0.29, 0.717) is 10.6 Å². The summed E-state index contributed by atoms with van der Waals surface area (Å²) in [7, 11) is 0. The van der Waals surface area contributed by atoms with Crippen LogP contribution in [0.1, 0.15) is 11.6 Å². The highest BCUT2D eigenvalue weighted by molar-refractivity contribution is 8.00. The van der Waals surface area contributed by atoms with Gasteiger partial charge >= 0.3 is 0 Å². The summed E-state index contributed by atoms with van der Waals surface area (Å²) in [6, 6.07) is -0.772. The first-order valence-corrected chi connectivity index (χ1v) is 4.92. The molecular weight excluding hydrogens is 204 g/mol. The Kier molecular flexibility index (Phi) is 2.16. The predicted octanol–water partition coefficient (Wildman–Crippen LogP) is -0.842. The van der Waals surface area contributed by atoms with Crippen LogP contribution in [-0.4, -0.2) is 27.8 Å². The molecule has 0 saturated heterocycles. The Morgan fingerprint density at radius 3 is 3.21 bits per heavy atom. The molecule has 2 heterocycles. The minimum Gasteiger partial charge on any atom is -0.368 e. The van der Waals surface area contributed by atoms with E-state index in [-0.39, 0.29) is 11.7 Å². The van der Waals surface area contributed by atoms with Gasteiger partial charge in [0.1, 0.15) is 6.04 Å². The van der Waals surface area contributed by atoms with E-state index in [2.05, 4.69) is 15.5 Å². The van der Waals surface area contributed by atoms with Gasteiger partial charge in [-0.05, 0) is 0 Å². The van der Waals surface area contributed by atoms with Gasteiger partial charge in [-0.2, -0.15) is 5.10 Å². The van der Waals surface area contributed by atoms with E-state index in [1.54, 1.807) is 0 Å². The summed E-state index contributed by atoms with van der Waals surface area (Å²) >= 11 is 1.31. The van der Waals surface area contributed by atoms with Crippen molar-refractivity contribution in [1.29, 1.82) is 0 Å². The fourth-order valence-electron chi connectivity index (χ4n) is 1.25. The number of amides is 2. The molecule has 1 aliphatic heterocycles. The number of nitrogens with zero attached hydrogens (tertiary/aromatic N) is 1. The second kappa shape index (κ2) is 3.33. The maximum Gasteiger partial charge on any atom is 0.244 e. The zero-order chi connectivity index (χ0) is 10.1. The first kappa shape index (κ1) is 9.07. The fraction of sp³-hybridized carbons (Fsp3) is 0.286. The summed E-state index contributed by atoms with van der Waals surface area (Å²) in [5.41, 5.74) is 5.80. The molecule has 14 heavy (non-hydrogen) atoms. The van der Waals surface area contributed by atoms with Crippen molar-refractivity contribution in [3.63, 3.8) is 0 Å². The van der Waals surface area contributed by atoms with Crippen molar-refractivity contribution in [2.75, 3.05) is 5.75 Å². The monoisotopic (exact) mass is 212 g/mol. The first-order valence-electron chi connectivity index (χ1n) is 3.93. The number of carbonyl (C=O) groups is 2. The molecule has 1 aromatic heterocycles. The number of primary amides is 1. The molecule has 2 rings (SSSR count). The highest BCUT2D eigenvalue weighted by atomic mass is 32.2. The molecule has 0 bridgehead atoms. The maximum atomic E-state index is 11.2. The molecule has 0 fully saturated rings. The van der Waals surface area contributed by atoms with Crippen molar-refractivity contribution >= 4 is 23.6 Å². The molecule has 6 nitrogen and oxygen atoms in total. The van der Waals surface area contributed by atoms with Gasteiger partial charge in [0.25, 0.3) is 0 Å². The summed E-state index contributed by atoms with van der Waals surface area (Å²) in [6.45, 7) is 0. The number of thioether (sulfide) groups is 1. The first-order chi connectivity index (χ1) is 6.68. The van der Waals surface area contributed by atoms with Crippen LogP contribution in [0.4, 0.5) is 0 Å². The Hall–Kier alpha value is -1.50. The zero-order valence-electron chi connectivity index (χ0n) is 7.11. The molecule has 1 aromatic rings. The van der Waals surface area contributed by atoms with Crippen LogP contribution in [0.25, 0.3) is 0 Å². The van der Waals surface area contributed by atoms with Gasteiger partial charge in [-0.15, -0.1) is 0 Å². The second-order valence-corrected chi connectivity index (χ2v) is 3.83. The number of aromatic nitrogens is 2. The highest BCUT2D eigenvalue weighted by Crippen LogP contribution is 2.27. The van der Waals surface area contributed by atoms with Gasteiger partial charge in [-0.3, -0.25) is 14.7 Å². The molecule has 0 aliphatic carbocycles. The third kappa shape index (κ3) is 1.46. The summed E-state index contributed by atoms with van der Waals surface area (Å²) in [6.07, 6.45) is 1.50. The number of nitrogens with one attached hydrogen (secondary N) is 2. The topological polar surface area (TPSA) is 101 Å². The number of rotatable bonds is 1. The highest BCUT2D eigenvalue weighted by Gasteiger charge is 2.27. The van der Waals surface area contributed by atoms with Gasteiger partial charge in [-0.1, -0.05) is 11.8 Å². The smallest absolute Gasteiger partial charge is 0.244 e. The number of hydrogen-bond acceptors (Lipinski definition) is 4. The quantitative estimate of drug-likeness (QED) is 0.564. The lowest BCUT2D eigenvalue weighted by molar-refractivity contribution is -0.126. The van der Waals surface area contributed by atoms with Crippen molar-refractivity contribution in [2.24, 2.45) is 5.73 Å². The van der Waals surface area contributed by atoms with Crippen molar-refractivity contribution in [2.45, 2.75) is 11.1 Å². The van der Waals surface area contributed by atoms with E-state index < -0.39 is 11.9 Å². The van der Waals surface area contributed by atoms with E-state index in [1.165, 1.54) is 18.0 Å². The lowest BCUT2D eigenvalue weighted by Gasteiger charge is -2.10.